The zero-order valence-electron chi connectivity index (χ0n) is 15.2. The molecule has 0 bridgehead atoms. The maximum atomic E-state index is 14.5. The van der Waals surface area contributed by atoms with E-state index in [9.17, 15) is 9.18 Å². The number of rotatable bonds is 4. The van der Waals surface area contributed by atoms with Crippen LogP contribution in [0.4, 0.5) is 14.7 Å². The maximum absolute atomic E-state index is 14.5. The average Bonchev–Trinajstić information content (AvgIpc) is 3.29. The molecule has 144 valence electrons. The highest BCUT2D eigenvalue weighted by Gasteiger charge is 2.28. The van der Waals surface area contributed by atoms with Gasteiger partial charge in [-0.05, 0) is 13.0 Å². The van der Waals surface area contributed by atoms with Gasteiger partial charge in [0.15, 0.2) is 0 Å². The molecule has 4 rings (SSSR count). The van der Waals surface area contributed by atoms with E-state index in [0.717, 1.165) is 43.3 Å². The number of carbonyl (C=O) groups is 1. The van der Waals surface area contributed by atoms with E-state index in [-0.39, 0.29) is 17.8 Å². The molecule has 0 radical (unpaired) electrons. The van der Waals surface area contributed by atoms with Crippen molar-refractivity contribution < 1.29 is 13.9 Å². The van der Waals surface area contributed by atoms with E-state index in [0.29, 0.717) is 23.3 Å². The number of fused-ring (bicyclic) bond motifs is 1. The molecule has 0 spiro atoms. The van der Waals surface area contributed by atoms with Gasteiger partial charge < -0.3 is 15.0 Å². The second kappa shape index (κ2) is 7.35. The molecule has 10 heteroatoms. The number of halogens is 1. The molecular formula is C17H21FN6O2S. The molecule has 0 aromatic carbocycles. The van der Waals surface area contributed by atoms with Crippen LogP contribution in [-0.4, -0.2) is 58.8 Å². The molecule has 27 heavy (non-hydrogen) atoms. The predicted molar refractivity (Wildman–Crippen MR) is 99.8 cm³/mol. The third kappa shape index (κ3) is 3.72. The molecular weight excluding hydrogens is 371 g/mol. The van der Waals surface area contributed by atoms with Crippen LogP contribution in [0.2, 0.25) is 0 Å². The van der Waals surface area contributed by atoms with E-state index < -0.39 is 0 Å². The Morgan fingerprint density at radius 3 is 2.85 bits per heavy atom. The van der Waals surface area contributed by atoms with Gasteiger partial charge in [-0.15, -0.1) is 10.2 Å². The van der Waals surface area contributed by atoms with E-state index in [1.165, 1.54) is 18.3 Å². The number of ether oxygens (including phenoxy) is 1. The van der Waals surface area contributed by atoms with Crippen LogP contribution in [0, 0.1) is 5.82 Å². The van der Waals surface area contributed by atoms with Crippen molar-refractivity contribution in [3.63, 3.8) is 0 Å². The molecule has 1 unspecified atom stereocenters. The minimum Gasteiger partial charge on any atom is -0.477 e. The van der Waals surface area contributed by atoms with E-state index in [2.05, 4.69) is 30.3 Å². The smallest absolute Gasteiger partial charge is 0.223 e. The molecule has 1 N–H and O–H groups in total. The molecule has 0 saturated carbocycles. The van der Waals surface area contributed by atoms with Gasteiger partial charge >= 0.3 is 0 Å². The molecule has 2 aliphatic rings. The minimum absolute atomic E-state index is 0.133. The van der Waals surface area contributed by atoms with Gasteiger partial charge in [-0.1, -0.05) is 11.3 Å². The predicted octanol–water partition coefficient (Wildman–Crippen LogP) is 1.85. The number of anilines is 2. The highest BCUT2D eigenvalue weighted by molar-refractivity contribution is 7.19. The summed E-state index contributed by atoms with van der Waals surface area (Å²) in [6.45, 7) is 7.01. The van der Waals surface area contributed by atoms with Gasteiger partial charge in [0, 0.05) is 45.1 Å². The first-order valence-corrected chi connectivity index (χ1v) is 9.75. The van der Waals surface area contributed by atoms with E-state index >= 15 is 0 Å². The average molecular weight is 392 g/mol. The van der Waals surface area contributed by atoms with E-state index in [4.69, 9.17) is 4.74 Å². The van der Waals surface area contributed by atoms with Gasteiger partial charge in [0.1, 0.15) is 5.82 Å². The molecule has 2 aliphatic heterocycles. The quantitative estimate of drug-likeness (QED) is 0.850. The number of hydrogen-bond acceptors (Lipinski definition) is 8. The molecule has 0 aliphatic carbocycles. The summed E-state index contributed by atoms with van der Waals surface area (Å²) in [6.07, 6.45) is 0.717. The van der Waals surface area contributed by atoms with Crippen molar-refractivity contribution >= 4 is 27.5 Å². The first kappa shape index (κ1) is 18.1. The van der Waals surface area contributed by atoms with Crippen LogP contribution in [0.1, 0.15) is 31.1 Å². The van der Waals surface area contributed by atoms with Gasteiger partial charge in [-0.2, -0.15) is 0 Å². The monoisotopic (exact) mass is 392 g/mol. The Morgan fingerprint density at radius 2 is 2.11 bits per heavy atom. The lowest BCUT2D eigenvalue weighted by molar-refractivity contribution is -0.114. The first-order valence-electron chi connectivity index (χ1n) is 8.93. The number of carbonyl (C=O) groups excluding carboxylic acids is 1. The Morgan fingerprint density at radius 1 is 1.33 bits per heavy atom. The molecule has 1 saturated heterocycles. The summed E-state index contributed by atoms with van der Waals surface area (Å²) in [5.41, 5.74) is 1.28. The lowest BCUT2D eigenvalue weighted by Crippen LogP contribution is -2.47. The minimum atomic E-state index is -0.266. The van der Waals surface area contributed by atoms with Crippen molar-refractivity contribution in [1.29, 1.82) is 0 Å². The summed E-state index contributed by atoms with van der Waals surface area (Å²) < 4.78 is 20.0. The van der Waals surface area contributed by atoms with Crippen LogP contribution in [0.15, 0.2) is 6.07 Å². The van der Waals surface area contributed by atoms with Crippen LogP contribution >= 0.6 is 11.3 Å². The van der Waals surface area contributed by atoms with E-state index in [1.807, 2.05) is 6.92 Å². The largest absolute Gasteiger partial charge is 0.477 e. The van der Waals surface area contributed by atoms with Gasteiger partial charge in [-0.25, -0.2) is 9.37 Å². The number of hydrogen-bond donors (Lipinski definition) is 1. The summed E-state index contributed by atoms with van der Waals surface area (Å²) >= 11 is 1.35. The first-order chi connectivity index (χ1) is 13.0. The highest BCUT2D eigenvalue weighted by Crippen LogP contribution is 2.31. The van der Waals surface area contributed by atoms with Crippen LogP contribution in [0.3, 0.4) is 0 Å². The Labute approximate surface area is 160 Å². The number of nitrogens with zero attached hydrogens (tertiary/aromatic N) is 5. The van der Waals surface area contributed by atoms with Crippen molar-refractivity contribution in [3.8, 4) is 5.88 Å². The van der Waals surface area contributed by atoms with Crippen molar-refractivity contribution in [3.05, 3.63) is 23.1 Å². The number of piperazine rings is 1. The fourth-order valence-corrected chi connectivity index (χ4v) is 4.24. The maximum Gasteiger partial charge on any atom is 0.223 e. The van der Waals surface area contributed by atoms with Crippen molar-refractivity contribution in [2.75, 3.05) is 43.0 Å². The lowest BCUT2D eigenvalue weighted by Gasteiger charge is -2.37. The Hall–Kier alpha value is -2.33. The Bertz CT molecular complexity index is 852. The van der Waals surface area contributed by atoms with Crippen LogP contribution in [0.25, 0.3) is 0 Å². The number of pyridine rings is 1. The summed E-state index contributed by atoms with van der Waals surface area (Å²) in [7, 11) is 0. The number of amides is 1. The van der Waals surface area contributed by atoms with Gasteiger partial charge in [0.05, 0.1) is 18.3 Å². The van der Waals surface area contributed by atoms with Crippen LogP contribution < -0.4 is 15.0 Å². The third-order valence-corrected chi connectivity index (χ3v) is 5.78. The molecule has 1 amide bonds. The molecule has 1 atom stereocenters. The Kier molecular flexibility index (Phi) is 4.92. The van der Waals surface area contributed by atoms with Crippen LogP contribution in [-0.2, 0) is 11.2 Å². The Balaban J connectivity index is 1.40. The molecule has 1 fully saturated rings. The zero-order chi connectivity index (χ0) is 19.0. The normalized spacial score (nSPS) is 18.1. The summed E-state index contributed by atoms with van der Waals surface area (Å²) in [5, 5.41) is 12.1. The van der Waals surface area contributed by atoms with Gasteiger partial charge in [0.25, 0.3) is 0 Å². The zero-order valence-corrected chi connectivity index (χ0v) is 16.1. The molecule has 2 aromatic rings. The SMILES string of the molecule is CC(=O)Nc1nnc(N2CCN(C(C)c3nc4c(cc3F)CCO4)CC2)s1. The second-order valence-electron chi connectivity index (χ2n) is 6.69. The molecule has 4 heterocycles. The fraction of sp³-hybridized carbons (Fsp3) is 0.529. The second-order valence-corrected chi connectivity index (χ2v) is 7.64. The number of nitrogens with one attached hydrogen (secondary N) is 1. The standard InChI is InChI=1S/C17H21FN6O2S/c1-10(14-13(18)9-12-3-8-26-15(12)20-14)23-4-6-24(7-5-23)17-22-21-16(27-17)19-11(2)25/h9-10H,3-8H2,1-2H3,(H,19,21,25). The van der Waals surface area contributed by atoms with Crippen molar-refractivity contribution in [2.45, 2.75) is 26.3 Å². The summed E-state index contributed by atoms with van der Waals surface area (Å²) in [5.74, 6) is 0.138. The van der Waals surface area contributed by atoms with Crippen molar-refractivity contribution in [1.82, 2.24) is 20.1 Å². The van der Waals surface area contributed by atoms with Gasteiger partial charge in [-0.3, -0.25) is 9.69 Å². The highest BCUT2D eigenvalue weighted by atomic mass is 32.1. The fourth-order valence-electron chi connectivity index (χ4n) is 3.40. The topological polar surface area (TPSA) is 83.5 Å². The lowest BCUT2D eigenvalue weighted by atomic mass is 10.1. The van der Waals surface area contributed by atoms with Crippen LogP contribution in [0.5, 0.6) is 5.88 Å². The third-order valence-electron chi connectivity index (χ3n) is 4.88. The summed E-state index contributed by atoms with van der Waals surface area (Å²) in [6, 6.07) is 1.42. The number of aromatic nitrogens is 3. The molecule has 8 nitrogen and oxygen atoms in total. The van der Waals surface area contributed by atoms with E-state index in [1.54, 1.807) is 6.07 Å². The van der Waals surface area contributed by atoms with Gasteiger partial charge in [0.2, 0.25) is 22.1 Å². The van der Waals surface area contributed by atoms with Crippen molar-refractivity contribution in [2.24, 2.45) is 0 Å². The summed E-state index contributed by atoms with van der Waals surface area (Å²) in [4.78, 5) is 19.9. The molecule has 2 aromatic heterocycles.